The van der Waals surface area contributed by atoms with Crippen LogP contribution in [0.1, 0.15) is 28.8 Å². The minimum Gasteiger partial charge on any atom is -0.367 e. The number of nitrogens with zero attached hydrogens (tertiary/aromatic N) is 1. The number of hydrogen-bond donors (Lipinski definition) is 3. The Morgan fingerprint density at radius 3 is 2.76 bits per heavy atom. The summed E-state index contributed by atoms with van der Waals surface area (Å²) in [6.45, 7) is 0.353. The molecule has 1 fully saturated rings. The lowest BCUT2D eigenvalue weighted by molar-refractivity contribution is 0.0951. The molecule has 3 N–H and O–H groups in total. The summed E-state index contributed by atoms with van der Waals surface area (Å²) in [7, 11) is -3.65. The normalized spacial score (nSPS) is 13.7. The number of hydrogen-bond acceptors (Lipinski definition) is 6. The van der Waals surface area contributed by atoms with Crippen LogP contribution in [0.2, 0.25) is 0 Å². The van der Waals surface area contributed by atoms with Crippen molar-refractivity contribution in [1.29, 1.82) is 0 Å². The first-order chi connectivity index (χ1) is 14.0. The highest BCUT2D eigenvalue weighted by atomic mass is 32.2. The molecule has 7 nitrogen and oxygen atoms in total. The summed E-state index contributed by atoms with van der Waals surface area (Å²) in [5.74, 6) is 0.528. The third kappa shape index (κ3) is 5.12. The third-order valence-corrected chi connectivity index (χ3v) is 7.12. The van der Waals surface area contributed by atoms with Crippen molar-refractivity contribution in [2.75, 3.05) is 10.0 Å². The Balaban J connectivity index is 1.39. The van der Waals surface area contributed by atoms with E-state index in [0.29, 0.717) is 23.8 Å². The lowest BCUT2D eigenvalue weighted by atomic mass is 10.2. The zero-order chi connectivity index (χ0) is 20.3. The van der Waals surface area contributed by atoms with Crippen LogP contribution < -0.4 is 15.4 Å². The van der Waals surface area contributed by atoms with Crippen LogP contribution in [-0.4, -0.2) is 25.4 Å². The number of amides is 1. The summed E-state index contributed by atoms with van der Waals surface area (Å²) in [4.78, 5) is 16.8. The predicted molar refractivity (Wildman–Crippen MR) is 114 cm³/mol. The number of carbonyl (C=O) groups excluding carboxylic acids is 1. The Morgan fingerprint density at radius 1 is 1.14 bits per heavy atom. The summed E-state index contributed by atoms with van der Waals surface area (Å²) in [6, 6.07) is 13.9. The van der Waals surface area contributed by atoms with E-state index in [1.807, 2.05) is 12.1 Å². The lowest BCUT2D eigenvalue weighted by Crippen LogP contribution is -2.23. The van der Waals surface area contributed by atoms with Crippen LogP contribution in [0.25, 0.3) is 0 Å². The Bertz CT molecular complexity index is 1110. The minimum atomic E-state index is -3.65. The zero-order valence-electron chi connectivity index (χ0n) is 15.5. The van der Waals surface area contributed by atoms with Crippen molar-refractivity contribution in [3.63, 3.8) is 0 Å². The molecule has 1 saturated carbocycles. The van der Waals surface area contributed by atoms with Gasteiger partial charge >= 0.3 is 0 Å². The average Bonchev–Trinajstić information content (AvgIpc) is 3.33. The van der Waals surface area contributed by atoms with Gasteiger partial charge in [0.1, 0.15) is 10.0 Å². The average molecular weight is 429 g/mol. The monoisotopic (exact) mass is 428 g/mol. The second-order valence-corrected chi connectivity index (χ2v) is 9.63. The van der Waals surface area contributed by atoms with Crippen LogP contribution in [0.4, 0.5) is 11.5 Å². The molecule has 1 aromatic carbocycles. The fourth-order valence-electron chi connectivity index (χ4n) is 2.73. The van der Waals surface area contributed by atoms with Crippen molar-refractivity contribution >= 4 is 38.8 Å². The van der Waals surface area contributed by atoms with Gasteiger partial charge in [-0.3, -0.25) is 9.52 Å². The summed E-state index contributed by atoms with van der Waals surface area (Å²) < 4.78 is 27.4. The van der Waals surface area contributed by atoms with Crippen LogP contribution in [0, 0.1) is 0 Å². The van der Waals surface area contributed by atoms with E-state index in [9.17, 15) is 13.2 Å². The van der Waals surface area contributed by atoms with E-state index in [1.165, 1.54) is 12.1 Å². The van der Waals surface area contributed by atoms with E-state index in [4.69, 9.17) is 0 Å². The van der Waals surface area contributed by atoms with Crippen molar-refractivity contribution < 1.29 is 13.2 Å². The van der Waals surface area contributed by atoms with Crippen molar-refractivity contribution in [3.05, 3.63) is 71.2 Å². The van der Waals surface area contributed by atoms with Crippen LogP contribution in [0.3, 0.4) is 0 Å². The van der Waals surface area contributed by atoms with E-state index in [1.54, 1.807) is 35.8 Å². The molecule has 0 atom stereocenters. The van der Waals surface area contributed by atoms with Gasteiger partial charge in [-0.15, -0.1) is 11.3 Å². The van der Waals surface area contributed by atoms with E-state index >= 15 is 0 Å². The van der Waals surface area contributed by atoms with Gasteiger partial charge in [0.15, 0.2) is 0 Å². The van der Waals surface area contributed by atoms with Gasteiger partial charge in [-0.25, -0.2) is 13.4 Å². The molecule has 0 saturated heterocycles. The summed E-state index contributed by atoms with van der Waals surface area (Å²) >= 11 is 1.13. The van der Waals surface area contributed by atoms with E-state index in [-0.39, 0.29) is 10.1 Å². The molecule has 0 unspecified atom stereocenters. The molecule has 0 aliphatic heterocycles. The number of aromatic nitrogens is 1. The number of rotatable bonds is 8. The van der Waals surface area contributed by atoms with Gasteiger partial charge in [0.25, 0.3) is 15.9 Å². The highest BCUT2D eigenvalue weighted by molar-refractivity contribution is 7.94. The summed E-state index contributed by atoms with van der Waals surface area (Å²) in [6.07, 6.45) is 4.04. The molecule has 9 heteroatoms. The highest BCUT2D eigenvalue weighted by Gasteiger charge is 2.21. The molecule has 1 aliphatic carbocycles. The molecule has 1 aliphatic rings. The summed E-state index contributed by atoms with van der Waals surface area (Å²) in [5, 5.41) is 7.89. The van der Waals surface area contributed by atoms with Gasteiger partial charge in [0.2, 0.25) is 0 Å². The number of nitrogens with one attached hydrogen (secondary N) is 3. The quantitative estimate of drug-likeness (QED) is 0.510. The number of sulfonamides is 1. The first-order valence-electron chi connectivity index (χ1n) is 9.16. The largest absolute Gasteiger partial charge is 0.367 e. The molecule has 2 heterocycles. The molecule has 3 aromatic rings. The minimum absolute atomic E-state index is 0.223. The standard InChI is InChI=1S/C20H20N4O3S2/c25-20(22-13-14-8-9-21-18(11-14)23-16-6-7-16)15-3-1-4-17(12-15)24-29(26,27)19-5-2-10-28-19/h1-5,8-12,16,24H,6-7,13H2,(H,21,23)(H,22,25). The van der Waals surface area contributed by atoms with Gasteiger partial charge in [-0.2, -0.15) is 0 Å². The SMILES string of the molecule is O=C(NCc1ccnc(NC2CC2)c1)c1cccc(NS(=O)(=O)c2cccs2)c1. The van der Waals surface area contributed by atoms with Crippen LogP contribution in [0.5, 0.6) is 0 Å². The van der Waals surface area contributed by atoms with Crippen LogP contribution in [0.15, 0.2) is 64.3 Å². The molecule has 150 valence electrons. The fraction of sp³-hybridized carbons (Fsp3) is 0.200. The van der Waals surface area contributed by atoms with Gasteiger partial charge < -0.3 is 10.6 Å². The zero-order valence-corrected chi connectivity index (χ0v) is 17.1. The van der Waals surface area contributed by atoms with E-state index in [0.717, 1.165) is 35.6 Å². The Labute approximate surface area is 173 Å². The summed E-state index contributed by atoms with van der Waals surface area (Å²) in [5.41, 5.74) is 1.65. The van der Waals surface area contributed by atoms with E-state index < -0.39 is 10.0 Å². The number of benzene rings is 1. The number of thiophene rings is 1. The smallest absolute Gasteiger partial charge is 0.271 e. The van der Waals surface area contributed by atoms with Crippen LogP contribution >= 0.6 is 11.3 Å². The Kier molecular flexibility index (Phi) is 5.50. The molecule has 0 radical (unpaired) electrons. The van der Waals surface area contributed by atoms with Crippen molar-refractivity contribution in [3.8, 4) is 0 Å². The number of pyridine rings is 1. The van der Waals surface area contributed by atoms with Crippen molar-refractivity contribution in [2.24, 2.45) is 0 Å². The Morgan fingerprint density at radius 2 is 2.00 bits per heavy atom. The van der Waals surface area contributed by atoms with Gasteiger partial charge in [-0.05, 0) is 60.2 Å². The molecular formula is C20H20N4O3S2. The molecule has 2 aromatic heterocycles. The molecule has 0 bridgehead atoms. The molecular weight excluding hydrogens is 408 g/mol. The number of anilines is 2. The van der Waals surface area contributed by atoms with Crippen molar-refractivity contribution in [2.45, 2.75) is 29.6 Å². The first-order valence-corrected chi connectivity index (χ1v) is 11.5. The van der Waals surface area contributed by atoms with Crippen molar-refractivity contribution in [1.82, 2.24) is 10.3 Å². The predicted octanol–water partition coefficient (Wildman–Crippen LogP) is 3.45. The molecule has 29 heavy (non-hydrogen) atoms. The lowest BCUT2D eigenvalue weighted by Gasteiger charge is -2.10. The first kappa shape index (κ1) is 19.4. The molecule has 1 amide bonds. The topological polar surface area (TPSA) is 100 Å². The second-order valence-electron chi connectivity index (χ2n) is 6.77. The van der Waals surface area contributed by atoms with Gasteiger partial charge in [-0.1, -0.05) is 12.1 Å². The van der Waals surface area contributed by atoms with E-state index in [2.05, 4.69) is 20.3 Å². The fourth-order valence-corrected chi connectivity index (χ4v) is 4.77. The molecule has 0 spiro atoms. The molecule has 4 rings (SSSR count). The maximum Gasteiger partial charge on any atom is 0.271 e. The highest BCUT2D eigenvalue weighted by Crippen LogP contribution is 2.24. The van der Waals surface area contributed by atoms with Gasteiger partial charge in [0, 0.05) is 30.0 Å². The number of carbonyl (C=O) groups is 1. The second kappa shape index (κ2) is 8.22. The Hall–Kier alpha value is -2.91. The third-order valence-electron chi connectivity index (χ3n) is 4.34. The van der Waals surface area contributed by atoms with Gasteiger partial charge in [0.05, 0.1) is 0 Å². The maximum absolute atomic E-state index is 12.5. The van der Waals surface area contributed by atoms with Crippen LogP contribution in [-0.2, 0) is 16.6 Å². The maximum atomic E-state index is 12.5.